The minimum absolute atomic E-state index is 0.0978. The van der Waals surface area contributed by atoms with Gasteiger partial charge in [0, 0.05) is 6.42 Å². The van der Waals surface area contributed by atoms with Crippen LogP contribution in [0.25, 0.3) is 0 Å². The topological polar surface area (TPSA) is 76.0 Å². The molecule has 2 fully saturated rings. The van der Waals surface area contributed by atoms with Crippen LogP contribution in [0.4, 0.5) is 0 Å². The van der Waals surface area contributed by atoms with Crippen LogP contribution in [0.15, 0.2) is 12.2 Å². The Bertz CT molecular complexity index is 376. The van der Waals surface area contributed by atoms with Gasteiger partial charge < -0.3 is 19.7 Å². The van der Waals surface area contributed by atoms with Crippen molar-refractivity contribution < 1.29 is 24.5 Å². The maximum atomic E-state index is 10.3. The average molecular weight is 284 g/mol. The van der Waals surface area contributed by atoms with E-state index in [9.17, 15) is 9.90 Å². The van der Waals surface area contributed by atoms with Crippen molar-refractivity contribution in [3.05, 3.63) is 12.2 Å². The summed E-state index contributed by atoms with van der Waals surface area (Å²) in [6, 6.07) is 0. The molecular formula is C15H24O5. The fourth-order valence-corrected chi connectivity index (χ4v) is 2.77. The van der Waals surface area contributed by atoms with Crippen molar-refractivity contribution in [2.75, 3.05) is 6.61 Å². The van der Waals surface area contributed by atoms with Crippen LogP contribution in [-0.2, 0) is 14.3 Å². The molecule has 1 heterocycles. The zero-order valence-electron chi connectivity index (χ0n) is 12.1. The fourth-order valence-electron chi connectivity index (χ4n) is 2.77. The molecule has 2 aliphatic rings. The molecule has 0 radical (unpaired) electrons. The van der Waals surface area contributed by atoms with E-state index in [0.717, 1.165) is 6.42 Å². The molecule has 5 heteroatoms. The highest BCUT2D eigenvalue weighted by Gasteiger charge is 2.51. The monoisotopic (exact) mass is 284 g/mol. The molecule has 1 aliphatic carbocycles. The van der Waals surface area contributed by atoms with Crippen LogP contribution in [0.2, 0.25) is 0 Å². The Hall–Kier alpha value is -0.910. The van der Waals surface area contributed by atoms with E-state index in [1.54, 1.807) is 0 Å². The Morgan fingerprint density at radius 1 is 1.45 bits per heavy atom. The number of hydrogen-bond donors (Lipinski definition) is 2. The zero-order valence-corrected chi connectivity index (χ0v) is 12.1. The van der Waals surface area contributed by atoms with Crippen molar-refractivity contribution in [1.29, 1.82) is 0 Å². The molecule has 0 aromatic carbocycles. The highest BCUT2D eigenvalue weighted by atomic mass is 16.7. The minimum Gasteiger partial charge on any atom is -0.481 e. The van der Waals surface area contributed by atoms with Crippen LogP contribution in [0.3, 0.4) is 0 Å². The largest absolute Gasteiger partial charge is 0.481 e. The Labute approximate surface area is 119 Å². The molecule has 114 valence electrons. The summed E-state index contributed by atoms with van der Waals surface area (Å²) in [7, 11) is 0. The van der Waals surface area contributed by atoms with Gasteiger partial charge in [-0.15, -0.1) is 0 Å². The lowest BCUT2D eigenvalue weighted by molar-refractivity contribution is -0.141. The number of aliphatic carboxylic acids is 1. The molecule has 2 N–H and O–H groups in total. The van der Waals surface area contributed by atoms with E-state index in [4.69, 9.17) is 14.6 Å². The summed E-state index contributed by atoms with van der Waals surface area (Å²) in [5.41, 5.74) is 0. The first-order chi connectivity index (χ1) is 9.39. The third kappa shape index (κ3) is 4.30. The number of carboxylic acid groups (broad SMARTS) is 1. The van der Waals surface area contributed by atoms with Gasteiger partial charge in [-0.05, 0) is 44.9 Å². The van der Waals surface area contributed by atoms with Crippen LogP contribution in [0, 0.1) is 11.8 Å². The quantitative estimate of drug-likeness (QED) is 0.699. The van der Waals surface area contributed by atoms with Gasteiger partial charge in [0.05, 0.1) is 18.8 Å². The second-order valence-electron chi connectivity index (χ2n) is 6.14. The molecule has 20 heavy (non-hydrogen) atoms. The number of hydrogen-bond acceptors (Lipinski definition) is 4. The molecule has 0 bridgehead atoms. The molecule has 0 unspecified atom stereocenters. The first kappa shape index (κ1) is 15.5. The molecule has 1 aliphatic heterocycles. The van der Waals surface area contributed by atoms with Gasteiger partial charge in [0.1, 0.15) is 0 Å². The number of aliphatic hydroxyl groups is 1. The Kier molecular flexibility index (Phi) is 4.83. The summed E-state index contributed by atoms with van der Waals surface area (Å²) in [4.78, 5) is 10.3. The van der Waals surface area contributed by atoms with Crippen LogP contribution in [0.1, 0.15) is 39.5 Å². The van der Waals surface area contributed by atoms with Crippen molar-refractivity contribution >= 4 is 5.97 Å². The minimum atomic E-state index is -0.793. The predicted molar refractivity (Wildman–Crippen MR) is 73.1 cm³/mol. The van der Waals surface area contributed by atoms with Crippen molar-refractivity contribution in [3.8, 4) is 0 Å². The van der Waals surface area contributed by atoms with Crippen LogP contribution in [-0.4, -0.2) is 40.8 Å². The second-order valence-corrected chi connectivity index (χ2v) is 6.14. The van der Waals surface area contributed by atoms with Crippen LogP contribution < -0.4 is 0 Å². The summed E-state index contributed by atoms with van der Waals surface area (Å²) >= 11 is 0. The molecule has 5 nitrogen and oxygen atoms in total. The van der Waals surface area contributed by atoms with Gasteiger partial charge in [0.25, 0.3) is 0 Å². The lowest BCUT2D eigenvalue weighted by Crippen LogP contribution is -2.23. The van der Waals surface area contributed by atoms with Crippen LogP contribution >= 0.6 is 0 Å². The lowest BCUT2D eigenvalue weighted by atomic mass is 10.1. The molecule has 0 aromatic heterocycles. The number of carbonyl (C=O) groups is 1. The maximum absolute atomic E-state index is 10.3. The van der Waals surface area contributed by atoms with E-state index < -0.39 is 11.8 Å². The standard InChI is InChI=1S/C15H24O5/c1-15(2)19-9-13(20-15)11-8-10(11)12(16)6-4-3-5-7-14(17)18/h3-4,10-13,16H,5-9H2,1-2H3,(H,17,18)/b4-3-/t10-,11-,12-,13-/m1/s1. The Morgan fingerprint density at radius 2 is 2.20 bits per heavy atom. The molecule has 4 atom stereocenters. The van der Waals surface area contributed by atoms with Gasteiger partial charge in [-0.3, -0.25) is 4.79 Å². The van der Waals surface area contributed by atoms with Crippen molar-refractivity contribution in [2.24, 2.45) is 11.8 Å². The number of ether oxygens (including phenoxy) is 2. The smallest absolute Gasteiger partial charge is 0.303 e. The molecule has 1 saturated carbocycles. The molecule has 2 rings (SSSR count). The molecule has 0 spiro atoms. The van der Waals surface area contributed by atoms with E-state index >= 15 is 0 Å². The molecular weight excluding hydrogens is 260 g/mol. The van der Waals surface area contributed by atoms with E-state index in [-0.39, 0.29) is 24.5 Å². The van der Waals surface area contributed by atoms with Gasteiger partial charge in [-0.25, -0.2) is 0 Å². The van der Waals surface area contributed by atoms with Gasteiger partial charge >= 0.3 is 5.97 Å². The summed E-state index contributed by atoms with van der Waals surface area (Å²) in [5.74, 6) is -0.626. The normalized spacial score (nSPS) is 33.5. The van der Waals surface area contributed by atoms with Gasteiger partial charge in [0.2, 0.25) is 0 Å². The van der Waals surface area contributed by atoms with Crippen LogP contribution in [0.5, 0.6) is 0 Å². The predicted octanol–water partition coefficient (Wildman–Crippen LogP) is 1.95. The summed E-state index contributed by atoms with van der Waals surface area (Å²) in [5, 5.41) is 18.6. The number of carboxylic acids is 1. The van der Waals surface area contributed by atoms with E-state index in [1.165, 1.54) is 0 Å². The third-order valence-electron chi connectivity index (χ3n) is 3.96. The summed E-state index contributed by atoms with van der Waals surface area (Å²) < 4.78 is 11.4. The SMILES string of the molecule is CC1(C)OC[C@H]([C@@H]2C[C@H]2[C@H](O)C/C=C\CCC(=O)O)O1. The van der Waals surface area contributed by atoms with Crippen molar-refractivity contribution in [3.63, 3.8) is 0 Å². The first-order valence-corrected chi connectivity index (χ1v) is 7.25. The number of aliphatic hydroxyl groups excluding tert-OH is 1. The van der Waals surface area contributed by atoms with E-state index in [1.807, 2.05) is 26.0 Å². The maximum Gasteiger partial charge on any atom is 0.303 e. The lowest BCUT2D eigenvalue weighted by Gasteiger charge is -2.17. The van der Waals surface area contributed by atoms with Gasteiger partial charge in [0.15, 0.2) is 5.79 Å². The highest BCUT2D eigenvalue weighted by molar-refractivity contribution is 5.66. The first-order valence-electron chi connectivity index (χ1n) is 7.25. The third-order valence-corrected chi connectivity index (χ3v) is 3.96. The fraction of sp³-hybridized carbons (Fsp3) is 0.800. The molecule has 1 saturated heterocycles. The second kappa shape index (κ2) is 6.24. The Morgan fingerprint density at radius 3 is 2.80 bits per heavy atom. The van der Waals surface area contributed by atoms with E-state index in [0.29, 0.717) is 25.4 Å². The highest BCUT2D eigenvalue weighted by Crippen LogP contribution is 2.48. The van der Waals surface area contributed by atoms with Crippen molar-refractivity contribution in [2.45, 2.75) is 57.5 Å². The zero-order chi connectivity index (χ0) is 14.8. The average Bonchev–Trinajstić information content (AvgIpc) is 3.07. The summed E-state index contributed by atoms with van der Waals surface area (Å²) in [6.45, 7) is 4.42. The van der Waals surface area contributed by atoms with E-state index in [2.05, 4.69) is 0 Å². The molecule has 0 aromatic rings. The van der Waals surface area contributed by atoms with Crippen molar-refractivity contribution in [1.82, 2.24) is 0 Å². The Balaban J connectivity index is 1.66. The number of allylic oxidation sites excluding steroid dienone is 1. The van der Waals surface area contributed by atoms with Gasteiger partial charge in [-0.2, -0.15) is 0 Å². The van der Waals surface area contributed by atoms with Gasteiger partial charge in [-0.1, -0.05) is 12.2 Å². The summed E-state index contributed by atoms with van der Waals surface area (Å²) in [6.07, 6.45) is 5.65. The molecule has 0 amide bonds. The number of rotatable bonds is 7.